The summed E-state index contributed by atoms with van der Waals surface area (Å²) in [6.07, 6.45) is 5.54. The van der Waals surface area contributed by atoms with E-state index in [9.17, 15) is 0 Å². The third-order valence-electron chi connectivity index (χ3n) is 1.87. The fourth-order valence-electron chi connectivity index (χ4n) is 1.10. The highest BCUT2D eigenvalue weighted by atomic mass is 32.2. The lowest BCUT2D eigenvalue weighted by atomic mass is 10.3. The van der Waals surface area contributed by atoms with Crippen molar-refractivity contribution in [1.29, 1.82) is 0 Å². The molecule has 13 heavy (non-hydrogen) atoms. The zero-order valence-electron chi connectivity index (χ0n) is 7.95. The van der Waals surface area contributed by atoms with Crippen molar-refractivity contribution in [1.82, 2.24) is 0 Å². The summed E-state index contributed by atoms with van der Waals surface area (Å²) in [5.74, 6) is 3.24. The molecule has 1 rings (SSSR count). The fraction of sp³-hybridized carbons (Fsp3) is 0.600. The molecule has 0 saturated carbocycles. The Labute approximate surface area is 89.7 Å². The third kappa shape index (κ3) is 4.14. The Hall–Kier alpha value is -0.0200. The van der Waals surface area contributed by atoms with Crippen LogP contribution in [-0.2, 0) is 0 Å². The van der Waals surface area contributed by atoms with E-state index in [0.29, 0.717) is 0 Å². The maximum atomic E-state index is 5.21. The molecule has 1 nitrogen and oxygen atoms in total. The predicted molar refractivity (Wildman–Crippen MR) is 61.9 cm³/mol. The molecule has 0 fully saturated rings. The maximum absolute atomic E-state index is 5.21. The van der Waals surface area contributed by atoms with Crippen molar-refractivity contribution in [2.75, 3.05) is 11.5 Å². The van der Waals surface area contributed by atoms with Gasteiger partial charge in [-0.2, -0.15) is 12.6 Å². The highest BCUT2D eigenvalue weighted by Gasteiger charge is 2.00. The molecular formula is C10H16OS2. The van der Waals surface area contributed by atoms with Gasteiger partial charge in [0.2, 0.25) is 0 Å². The van der Waals surface area contributed by atoms with Gasteiger partial charge in [-0.3, -0.25) is 0 Å². The Balaban J connectivity index is 2.10. The van der Waals surface area contributed by atoms with Gasteiger partial charge in [0.1, 0.15) is 5.76 Å². The predicted octanol–water partition coefficient (Wildman–Crippen LogP) is 3.78. The minimum Gasteiger partial charge on any atom is -0.468 e. The van der Waals surface area contributed by atoms with Crippen molar-refractivity contribution in [2.24, 2.45) is 0 Å². The number of thiol groups is 1. The normalized spacial score (nSPS) is 10.6. The van der Waals surface area contributed by atoms with Crippen LogP contribution in [0.15, 0.2) is 21.6 Å². The first-order valence-electron chi connectivity index (χ1n) is 4.62. The first-order valence-corrected chi connectivity index (χ1v) is 6.24. The van der Waals surface area contributed by atoms with E-state index in [0.717, 1.165) is 11.5 Å². The Morgan fingerprint density at radius 1 is 1.38 bits per heavy atom. The van der Waals surface area contributed by atoms with Gasteiger partial charge in [0.15, 0.2) is 0 Å². The van der Waals surface area contributed by atoms with E-state index in [4.69, 9.17) is 4.42 Å². The standard InChI is InChI=1S/C10H16OS2/c1-9-10(5-6-11-9)13-8-4-2-3-7-12/h5-6,12H,2-4,7-8H2,1H3. The van der Waals surface area contributed by atoms with Crippen molar-refractivity contribution < 1.29 is 4.42 Å². The van der Waals surface area contributed by atoms with Gasteiger partial charge in [-0.15, -0.1) is 11.8 Å². The van der Waals surface area contributed by atoms with Crippen LogP contribution in [0.1, 0.15) is 25.0 Å². The Morgan fingerprint density at radius 3 is 2.85 bits per heavy atom. The third-order valence-corrected chi connectivity index (χ3v) is 3.41. The summed E-state index contributed by atoms with van der Waals surface area (Å²) in [7, 11) is 0. The van der Waals surface area contributed by atoms with E-state index in [1.54, 1.807) is 6.26 Å². The maximum Gasteiger partial charge on any atom is 0.114 e. The molecular weight excluding hydrogens is 200 g/mol. The number of rotatable bonds is 6. The highest BCUT2D eigenvalue weighted by Crippen LogP contribution is 2.24. The van der Waals surface area contributed by atoms with E-state index < -0.39 is 0 Å². The highest BCUT2D eigenvalue weighted by molar-refractivity contribution is 7.99. The van der Waals surface area contributed by atoms with E-state index in [2.05, 4.69) is 12.6 Å². The summed E-state index contributed by atoms with van der Waals surface area (Å²) in [4.78, 5) is 1.28. The molecule has 3 heteroatoms. The summed E-state index contributed by atoms with van der Waals surface area (Å²) in [5, 5.41) is 0. The quantitative estimate of drug-likeness (QED) is 0.441. The zero-order chi connectivity index (χ0) is 9.52. The molecule has 0 spiro atoms. The molecule has 0 saturated heterocycles. The molecule has 0 unspecified atom stereocenters. The van der Waals surface area contributed by atoms with E-state index in [1.165, 1.54) is 29.9 Å². The number of unbranched alkanes of at least 4 members (excludes halogenated alkanes) is 2. The van der Waals surface area contributed by atoms with Gasteiger partial charge >= 0.3 is 0 Å². The molecule has 1 aromatic rings. The number of hydrogen-bond acceptors (Lipinski definition) is 3. The molecule has 1 heterocycles. The van der Waals surface area contributed by atoms with E-state index >= 15 is 0 Å². The van der Waals surface area contributed by atoms with Crippen molar-refractivity contribution in [3.8, 4) is 0 Å². The minimum atomic E-state index is 1.01. The molecule has 0 atom stereocenters. The first kappa shape index (κ1) is 11.1. The summed E-state index contributed by atoms with van der Waals surface area (Å²) in [6.45, 7) is 2.01. The largest absolute Gasteiger partial charge is 0.468 e. The summed E-state index contributed by atoms with van der Waals surface area (Å²) in [6, 6.07) is 2.04. The molecule has 0 aliphatic heterocycles. The SMILES string of the molecule is Cc1occc1SCCCCCS. The van der Waals surface area contributed by atoms with Crippen molar-refractivity contribution in [3.05, 3.63) is 18.1 Å². The van der Waals surface area contributed by atoms with Crippen LogP contribution in [0, 0.1) is 6.92 Å². The number of aryl methyl sites for hydroxylation is 1. The number of furan rings is 1. The minimum absolute atomic E-state index is 1.01. The van der Waals surface area contributed by atoms with Gasteiger partial charge in [0.25, 0.3) is 0 Å². The molecule has 0 aromatic carbocycles. The summed E-state index contributed by atoms with van der Waals surface area (Å²) >= 11 is 6.06. The Morgan fingerprint density at radius 2 is 2.23 bits per heavy atom. The average molecular weight is 216 g/mol. The van der Waals surface area contributed by atoms with Crippen LogP contribution in [0.5, 0.6) is 0 Å². The average Bonchev–Trinajstić information content (AvgIpc) is 2.52. The monoisotopic (exact) mass is 216 g/mol. The molecule has 0 N–H and O–H groups in total. The van der Waals surface area contributed by atoms with Gasteiger partial charge < -0.3 is 4.42 Å². The van der Waals surface area contributed by atoms with E-state index in [-0.39, 0.29) is 0 Å². The zero-order valence-corrected chi connectivity index (χ0v) is 9.66. The molecule has 0 radical (unpaired) electrons. The van der Waals surface area contributed by atoms with Crippen molar-refractivity contribution in [3.63, 3.8) is 0 Å². The lowest BCUT2D eigenvalue weighted by Crippen LogP contribution is -1.82. The smallest absolute Gasteiger partial charge is 0.114 e. The molecule has 74 valence electrons. The molecule has 0 bridgehead atoms. The molecule has 0 amide bonds. The van der Waals surface area contributed by atoms with Crippen molar-refractivity contribution in [2.45, 2.75) is 31.1 Å². The number of hydrogen-bond donors (Lipinski definition) is 1. The first-order chi connectivity index (χ1) is 6.34. The van der Waals surface area contributed by atoms with Crippen LogP contribution in [0.25, 0.3) is 0 Å². The second kappa shape index (κ2) is 6.44. The second-order valence-corrected chi connectivity index (χ2v) is 4.56. The van der Waals surface area contributed by atoms with Gasteiger partial charge in [-0.05, 0) is 37.3 Å². The van der Waals surface area contributed by atoms with Gasteiger partial charge in [-0.25, -0.2) is 0 Å². The number of thioether (sulfide) groups is 1. The topological polar surface area (TPSA) is 13.1 Å². The van der Waals surface area contributed by atoms with Gasteiger partial charge in [0.05, 0.1) is 6.26 Å². The van der Waals surface area contributed by atoms with Gasteiger partial charge in [0, 0.05) is 4.90 Å². The van der Waals surface area contributed by atoms with Crippen molar-refractivity contribution >= 4 is 24.4 Å². The summed E-state index contributed by atoms with van der Waals surface area (Å²) in [5.41, 5.74) is 0. The fourth-order valence-corrected chi connectivity index (χ4v) is 2.29. The second-order valence-electron chi connectivity index (χ2n) is 2.97. The van der Waals surface area contributed by atoms with E-state index in [1.807, 2.05) is 24.8 Å². The van der Waals surface area contributed by atoms with Crippen LogP contribution in [0.3, 0.4) is 0 Å². The van der Waals surface area contributed by atoms with Crippen LogP contribution in [0.2, 0.25) is 0 Å². The summed E-state index contributed by atoms with van der Waals surface area (Å²) < 4.78 is 5.21. The lowest BCUT2D eigenvalue weighted by molar-refractivity contribution is 0.527. The van der Waals surface area contributed by atoms with Crippen LogP contribution >= 0.6 is 24.4 Å². The molecule has 1 aromatic heterocycles. The lowest BCUT2D eigenvalue weighted by Gasteiger charge is -1.98. The van der Waals surface area contributed by atoms with Gasteiger partial charge in [-0.1, -0.05) is 6.42 Å². The van der Waals surface area contributed by atoms with Crippen LogP contribution in [0.4, 0.5) is 0 Å². The van der Waals surface area contributed by atoms with Crippen LogP contribution in [-0.4, -0.2) is 11.5 Å². The Bertz CT molecular complexity index is 233. The molecule has 0 aliphatic carbocycles. The van der Waals surface area contributed by atoms with Crippen LogP contribution < -0.4 is 0 Å². The molecule has 0 aliphatic rings. The Kier molecular flexibility index (Phi) is 5.47.